The zero-order valence-corrected chi connectivity index (χ0v) is 14.4. The van der Waals surface area contributed by atoms with E-state index < -0.39 is 0 Å². The Bertz CT molecular complexity index is 444. The second-order valence-corrected chi connectivity index (χ2v) is 7.78. The number of furan rings is 1. The van der Waals surface area contributed by atoms with E-state index in [1.165, 1.54) is 19.3 Å². The summed E-state index contributed by atoms with van der Waals surface area (Å²) in [4.78, 5) is 2.54. The van der Waals surface area contributed by atoms with Gasteiger partial charge in [0, 0.05) is 6.04 Å². The Morgan fingerprint density at radius 2 is 1.95 bits per heavy atom. The van der Waals surface area contributed by atoms with E-state index in [9.17, 15) is 0 Å². The molecular formula is C18H32N2O. The predicted octanol–water partition coefficient (Wildman–Crippen LogP) is 4.12. The predicted molar refractivity (Wildman–Crippen MR) is 88.2 cm³/mol. The molecule has 0 aliphatic carbocycles. The molecule has 1 aromatic heterocycles. The number of nitrogens with two attached hydrogens (primary N) is 1. The van der Waals surface area contributed by atoms with Crippen LogP contribution in [0, 0.1) is 18.3 Å². The molecule has 21 heavy (non-hydrogen) atoms. The number of rotatable bonds is 3. The van der Waals surface area contributed by atoms with Gasteiger partial charge in [-0.3, -0.25) is 4.90 Å². The van der Waals surface area contributed by atoms with Crippen molar-refractivity contribution in [1.82, 2.24) is 4.90 Å². The summed E-state index contributed by atoms with van der Waals surface area (Å²) < 4.78 is 5.87. The highest BCUT2D eigenvalue weighted by Crippen LogP contribution is 2.36. The van der Waals surface area contributed by atoms with E-state index in [-0.39, 0.29) is 12.1 Å². The molecule has 3 atom stereocenters. The van der Waals surface area contributed by atoms with Crippen molar-refractivity contribution in [2.24, 2.45) is 17.1 Å². The summed E-state index contributed by atoms with van der Waals surface area (Å²) in [6, 6.07) is 4.43. The van der Waals surface area contributed by atoms with E-state index in [1.807, 2.05) is 13.0 Å². The molecule has 2 rings (SSSR count). The molecule has 0 aromatic carbocycles. The van der Waals surface area contributed by atoms with E-state index in [0.717, 1.165) is 30.5 Å². The topological polar surface area (TPSA) is 42.4 Å². The molecular weight excluding hydrogens is 260 g/mol. The van der Waals surface area contributed by atoms with Crippen molar-refractivity contribution in [3.63, 3.8) is 0 Å². The highest BCUT2D eigenvalue weighted by Gasteiger charge is 2.32. The molecule has 0 amide bonds. The van der Waals surface area contributed by atoms with Crippen LogP contribution in [-0.4, -0.2) is 24.0 Å². The minimum absolute atomic E-state index is 0.0849. The minimum atomic E-state index is 0.0849. The molecule has 1 saturated heterocycles. The zero-order valence-electron chi connectivity index (χ0n) is 14.4. The van der Waals surface area contributed by atoms with Crippen molar-refractivity contribution in [3.8, 4) is 0 Å². The summed E-state index contributed by atoms with van der Waals surface area (Å²) in [6.07, 6.45) is 3.83. The molecule has 0 saturated carbocycles. The molecule has 1 aliphatic heterocycles. The van der Waals surface area contributed by atoms with Crippen molar-refractivity contribution in [2.45, 2.75) is 66.0 Å². The highest BCUT2D eigenvalue weighted by atomic mass is 16.3. The van der Waals surface area contributed by atoms with Crippen LogP contribution in [-0.2, 0) is 0 Å². The number of hydrogen-bond donors (Lipinski definition) is 1. The Morgan fingerprint density at radius 3 is 2.48 bits per heavy atom. The van der Waals surface area contributed by atoms with Gasteiger partial charge in [0.05, 0.1) is 6.04 Å². The quantitative estimate of drug-likeness (QED) is 0.911. The van der Waals surface area contributed by atoms with Gasteiger partial charge in [0.2, 0.25) is 0 Å². The first-order valence-corrected chi connectivity index (χ1v) is 8.35. The normalized spacial score (nSPS) is 24.6. The molecule has 3 unspecified atom stereocenters. The summed E-state index contributed by atoms with van der Waals surface area (Å²) in [6.45, 7) is 13.4. The first kappa shape index (κ1) is 16.6. The van der Waals surface area contributed by atoms with Gasteiger partial charge in [-0.05, 0) is 69.7 Å². The number of likely N-dealkylation sites (tertiary alicyclic amines) is 1. The van der Waals surface area contributed by atoms with E-state index in [4.69, 9.17) is 10.2 Å². The summed E-state index contributed by atoms with van der Waals surface area (Å²) in [5.74, 6) is 2.80. The Labute approximate surface area is 129 Å². The van der Waals surface area contributed by atoms with Crippen LogP contribution in [0.1, 0.15) is 64.5 Å². The molecule has 2 N–H and O–H groups in total. The lowest BCUT2D eigenvalue weighted by molar-refractivity contribution is 0.149. The van der Waals surface area contributed by atoms with Crippen LogP contribution >= 0.6 is 0 Å². The van der Waals surface area contributed by atoms with E-state index in [1.54, 1.807) is 0 Å². The van der Waals surface area contributed by atoms with Gasteiger partial charge >= 0.3 is 0 Å². The minimum Gasteiger partial charge on any atom is -0.465 e. The molecule has 120 valence electrons. The molecule has 0 spiro atoms. The lowest BCUT2D eigenvalue weighted by Gasteiger charge is -2.33. The second-order valence-electron chi connectivity index (χ2n) is 7.78. The van der Waals surface area contributed by atoms with E-state index in [2.05, 4.69) is 38.7 Å². The lowest BCUT2D eigenvalue weighted by atomic mass is 9.77. The Kier molecular flexibility index (Phi) is 5.15. The lowest BCUT2D eigenvalue weighted by Crippen LogP contribution is -2.40. The molecule has 1 aliphatic rings. The maximum Gasteiger partial charge on any atom is 0.122 e. The zero-order chi connectivity index (χ0) is 15.6. The van der Waals surface area contributed by atoms with Crippen LogP contribution in [0.2, 0.25) is 0 Å². The van der Waals surface area contributed by atoms with Crippen LogP contribution < -0.4 is 5.73 Å². The third kappa shape index (κ3) is 4.10. The monoisotopic (exact) mass is 292 g/mol. The average molecular weight is 292 g/mol. The fraction of sp³-hybridized carbons (Fsp3) is 0.778. The fourth-order valence-electron chi connectivity index (χ4n) is 3.65. The van der Waals surface area contributed by atoms with Gasteiger partial charge in [0.15, 0.2) is 0 Å². The summed E-state index contributed by atoms with van der Waals surface area (Å²) in [5.41, 5.74) is 6.68. The number of nitrogens with zero attached hydrogens (tertiary/aromatic N) is 1. The molecule has 1 fully saturated rings. The molecule has 0 radical (unpaired) electrons. The Hall–Kier alpha value is -0.800. The maximum atomic E-state index is 6.28. The van der Waals surface area contributed by atoms with E-state index >= 15 is 0 Å². The van der Waals surface area contributed by atoms with Crippen molar-refractivity contribution < 1.29 is 4.42 Å². The molecule has 3 nitrogen and oxygen atoms in total. The summed E-state index contributed by atoms with van der Waals surface area (Å²) in [7, 11) is 0. The smallest absolute Gasteiger partial charge is 0.122 e. The van der Waals surface area contributed by atoms with Crippen LogP contribution in [0.3, 0.4) is 0 Å². The van der Waals surface area contributed by atoms with Crippen molar-refractivity contribution >= 4 is 0 Å². The van der Waals surface area contributed by atoms with E-state index in [0.29, 0.717) is 5.41 Å². The van der Waals surface area contributed by atoms with Crippen LogP contribution in [0.15, 0.2) is 16.5 Å². The van der Waals surface area contributed by atoms with Crippen molar-refractivity contribution in [1.29, 1.82) is 0 Å². The summed E-state index contributed by atoms with van der Waals surface area (Å²) >= 11 is 0. The Balaban J connectivity index is 2.11. The van der Waals surface area contributed by atoms with Crippen LogP contribution in [0.5, 0.6) is 0 Å². The van der Waals surface area contributed by atoms with Crippen molar-refractivity contribution in [3.05, 3.63) is 23.7 Å². The molecule has 3 heteroatoms. The van der Waals surface area contributed by atoms with Gasteiger partial charge in [-0.2, -0.15) is 0 Å². The summed E-state index contributed by atoms with van der Waals surface area (Å²) in [5, 5.41) is 0. The third-order valence-electron chi connectivity index (χ3n) is 4.93. The number of hydrogen-bond acceptors (Lipinski definition) is 3. The Morgan fingerprint density at radius 1 is 1.24 bits per heavy atom. The van der Waals surface area contributed by atoms with Crippen LogP contribution in [0.25, 0.3) is 0 Å². The second kappa shape index (κ2) is 6.53. The van der Waals surface area contributed by atoms with Gasteiger partial charge in [-0.15, -0.1) is 0 Å². The molecule has 1 aromatic rings. The first-order valence-electron chi connectivity index (χ1n) is 8.35. The maximum absolute atomic E-state index is 6.28. The number of aryl methyl sites for hydroxylation is 1. The van der Waals surface area contributed by atoms with Gasteiger partial charge in [-0.1, -0.05) is 20.8 Å². The van der Waals surface area contributed by atoms with Gasteiger partial charge in [0.1, 0.15) is 11.5 Å². The van der Waals surface area contributed by atoms with Crippen molar-refractivity contribution in [2.75, 3.05) is 13.1 Å². The standard InChI is InChI=1S/C18H32N2O/c1-13-8-9-16(21-13)17(14(2)19)20-11-6-7-15(10-12-20)18(3,4)5/h8-9,14-15,17H,6-7,10-12,19H2,1-5H3. The highest BCUT2D eigenvalue weighted by molar-refractivity contribution is 5.12. The van der Waals surface area contributed by atoms with Crippen LogP contribution in [0.4, 0.5) is 0 Å². The largest absolute Gasteiger partial charge is 0.465 e. The molecule has 2 heterocycles. The fourth-order valence-corrected chi connectivity index (χ4v) is 3.65. The first-order chi connectivity index (χ1) is 9.79. The average Bonchev–Trinajstić information content (AvgIpc) is 2.62. The third-order valence-corrected chi connectivity index (χ3v) is 4.93. The van der Waals surface area contributed by atoms with Gasteiger partial charge in [-0.25, -0.2) is 0 Å². The molecule has 0 bridgehead atoms. The SMILES string of the molecule is Cc1ccc(C(C(C)N)N2CCCC(C(C)(C)C)CC2)o1. The van der Waals surface area contributed by atoms with Gasteiger partial charge < -0.3 is 10.2 Å². The van der Waals surface area contributed by atoms with Gasteiger partial charge in [0.25, 0.3) is 0 Å².